The lowest BCUT2D eigenvalue weighted by Crippen LogP contribution is -2.19. The van der Waals surface area contributed by atoms with E-state index in [1.54, 1.807) is 16.9 Å². The average molecular weight is 150 g/mol. The third kappa shape index (κ3) is 0.737. The third-order valence-electron chi connectivity index (χ3n) is 2.11. The van der Waals surface area contributed by atoms with E-state index in [0.717, 1.165) is 5.69 Å². The van der Waals surface area contributed by atoms with Crippen molar-refractivity contribution in [1.82, 2.24) is 9.78 Å². The SMILES string of the molecule is CC1(C)Cn2nccc2C1=O. The number of carbonyl (C=O) groups is 1. The summed E-state index contributed by atoms with van der Waals surface area (Å²) in [6.07, 6.45) is 1.67. The monoisotopic (exact) mass is 150 g/mol. The number of hydrogen-bond donors (Lipinski definition) is 0. The van der Waals surface area contributed by atoms with Crippen LogP contribution in [0.4, 0.5) is 0 Å². The van der Waals surface area contributed by atoms with Crippen LogP contribution in [0, 0.1) is 5.41 Å². The Kier molecular flexibility index (Phi) is 1.03. The fraction of sp³-hybridized carbons (Fsp3) is 0.500. The molecule has 2 heterocycles. The number of aromatic nitrogens is 2. The van der Waals surface area contributed by atoms with E-state index in [-0.39, 0.29) is 11.2 Å². The summed E-state index contributed by atoms with van der Waals surface area (Å²) in [7, 11) is 0. The Morgan fingerprint density at radius 2 is 2.36 bits per heavy atom. The molecular weight excluding hydrogens is 140 g/mol. The van der Waals surface area contributed by atoms with Crippen molar-refractivity contribution in [3.63, 3.8) is 0 Å². The van der Waals surface area contributed by atoms with Gasteiger partial charge in [-0.25, -0.2) is 0 Å². The van der Waals surface area contributed by atoms with Crippen LogP contribution in [-0.4, -0.2) is 15.6 Å². The van der Waals surface area contributed by atoms with Crippen LogP contribution in [0.3, 0.4) is 0 Å². The minimum Gasteiger partial charge on any atom is -0.292 e. The van der Waals surface area contributed by atoms with Crippen LogP contribution in [0.2, 0.25) is 0 Å². The van der Waals surface area contributed by atoms with E-state index in [1.807, 2.05) is 13.8 Å². The van der Waals surface area contributed by atoms with Crippen LogP contribution in [-0.2, 0) is 6.54 Å². The molecule has 1 aliphatic rings. The third-order valence-corrected chi connectivity index (χ3v) is 2.11. The molecule has 11 heavy (non-hydrogen) atoms. The Morgan fingerprint density at radius 3 is 3.00 bits per heavy atom. The smallest absolute Gasteiger partial charge is 0.188 e. The van der Waals surface area contributed by atoms with Crippen molar-refractivity contribution < 1.29 is 4.79 Å². The van der Waals surface area contributed by atoms with Crippen LogP contribution >= 0.6 is 0 Å². The van der Waals surface area contributed by atoms with Gasteiger partial charge in [-0.3, -0.25) is 9.48 Å². The first kappa shape index (κ1) is 6.58. The Hall–Kier alpha value is -1.12. The number of Topliss-reactive ketones (excluding diaryl/α,β-unsaturated/α-hetero) is 1. The highest BCUT2D eigenvalue weighted by molar-refractivity contribution is 6.00. The summed E-state index contributed by atoms with van der Waals surface area (Å²) < 4.78 is 1.77. The highest BCUT2D eigenvalue weighted by Crippen LogP contribution is 2.30. The van der Waals surface area contributed by atoms with Crippen molar-refractivity contribution in [2.24, 2.45) is 5.41 Å². The summed E-state index contributed by atoms with van der Waals surface area (Å²) in [5.74, 6) is 0.204. The van der Waals surface area contributed by atoms with E-state index in [4.69, 9.17) is 0 Å². The number of rotatable bonds is 0. The fourth-order valence-electron chi connectivity index (χ4n) is 1.44. The number of hydrogen-bond acceptors (Lipinski definition) is 2. The molecule has 0 spiro atoms. The Morgan fingerprint density at radius 1 is 1.64 bits per heavy atom. The maximum absolute atomic E-state index is 11.5. The molecule has 0 radical (unpaired) electrons. The van der Waals surface area contributed by atoms with Crippen molar-refractivity contribution in [3.05, 3.63) is 18.0 Å². The van der Waals surface area contributed by atoms with E-state index in [0.29, 0.717) is 6.54 Å². The lowest BCUT2D eigenvalue weighted by Gasteiger charge is -2.11. The first-order valence-corrected chi connectivity index (χ1v) is 3.68. The highest BCUT2D eigenvalue weighted by atomic mass is 16.1. The molecule has 1 aromatic rings. The molecule has 0 saturated heterocycles. The molecule has 0 fully saturated rings. The van der Waals surface area contributed by atoms with Gasteiger partial charge < -0.3 is 0 Å². The molecule has 58 valence electrons. The lowest BCUT2D eigenvalue weighted by molar-refractivity contribution is 0.0860. The van der Waals surface area contributed by atoms with E-state index in [1.165, 1.54) is 0 Å². The Labute approximate surface area is 65.0 Å². The molecule has 0 aromatic carbocycles. The topological polar surface area (TPSA) is 34.9 Å². The van der Waals surface area contributed by atoms with Crippen molar-refractivity contribution in [2.75, 3.05) is 0 Å². The van der Waals surface area contributed by atoms with Gasteiger partial charge >= 0.3 is 0 Å². The molecule has 0 bridgehead atoms. The quantitative estimate of drug-likeness (QED) is 0.555. The lowest BCUT2D eigenvalue weighted by atomic mass is 9.90. The normalized spacial score (nSPS) is 20.4. The molecule has 1 aliphatic heterocycles. The second kappa shape index (κ2) is 1.72. The van der Waals surface area contributed by atoms with Gasteiger partial charge in [0.15, 0.2) is 5.78 Å². The van der Waals surface area contributed by atoms with Crippen molar-refractivity contribution in [2.45, 2.75) is 20.4 Å². The predicted molar refractivity (Wildman–Crippen MR) is 40.3 cm³/mol. The molecule has 3 heteroatoms. The minimum atomic E-state index is -0.246. The van der Waals surface area contributed by atoms with Gasteiger partial charge in [0.1, 0.15) is 5.69 Å². The highest BCUT2D eigenvalue weighted by Gasteiger charge is 2.37. The van der Waals surface area contributed by atoms with Gasteiger partial charge in [-0.05, 0) is 6.07 Å². The molecular formula is C8H10N2O. The number of nitrogens with zero attached hydrogens (tertiary/aromatic N) is 2. The Balaban J connectivity index is 2.54. The molecule has 3 nitrogen and oxygen atoms in total. The number of carbonyl (C=O) groups excluding carboxylic acids is 1. The van der Waals surface area contributed by atoms with Crippen molar-refractivity contribution >= 4 is 5.78 Å². The molecule has 0 unspecified atom stereocenters. The summed E-state index contributed by atoms with van der Waals surface area (Å²) in [4.78, 5) is 11.5. The summed E-state index contributed by atoms with van der Waals surface area (Å²) in [6, 6.07) is 1.77. The van der Waals surface area contributed by atoms with Gasteiger partial charge in [-0.15, -0.1) is 0 Å². The Bertz CT molecular complexity index is 312. The van der Waals surface area contributed by atoms with Gasteiger partial charge in [0.05, 0.1) is 6.54 Å². The summed E-state index contributed by atoms with van der Waals surface area (Å²) in [6.45, 7) is 4.61. The second-order valence-corrected chi connectivity index (χ2v) is 3.59. The van der Waals surface area contributed by atoms with Gasteiger partial charge in [0, 0.05) is 11.6 Å². The first-order valence-electron chi connectivity index (χ1n) is 3.68. The molecule has 0 N–H and O–H groups in total. The molecule has 2 rings (SSSR count). The zero-order valence-corrected chi connectivity index (χ0v) is 6.66. The summed E-state index contributed by atoms with van der Waals surface area (Å²) in [5, 5.41) is 4.04. The van der Waals surface area contributed by atoms with Gasteiger partial charge in [-0.1, -0.05) is 13.8 Å². The zero-order chi connectivity index (χ0) is 8.06. The second-order valence-electron chi connectivity index (χ2n) is 3.59. The minimum absolute atomic E-state index is 0.204. The first-order chi connectivity index (χ1) is 5.11. The zero-order valence-electron chi connectivity index (χ0n) is 6.66. The molecule has 0 saturated carbocycles. The van der Waals surface area contributed by atoms with Crippen LogP contribution in [0.25, 0.3) is 0 Å². The summed E-state index contributed by atoms with van der Waals surface area (Å²) in [5.41, 5.74) is 0.499. The maximum atomic E-state index is 11.5. The van der Waals surface area contributed by atoms with Gasteiger partial charge in [0.2, 0.25) is 0 Å². The van der Waals surface area contributed by atoms with Gasteiger partial charge in [0.25, 0.3) is 0 Å². The van der Waals surface area contributed by atoms with Crippen molar-refractivity contribution in [3.8, 4) is 0 Å². The van der Waals surface area contributed by atoms with E-state index in [2.05, 4.69) is 5.10 Å². The fourth-order valence-corrected chi connectivity index (χ4v) is 1.44. The molecule has 0 amide bonds. The average Bonchev–Trinajstić information content (AvgIpc) is 2.39. The molecule has 1 aromatic heterocycles. The number of fused-ring (bicyclic) bond motifs is 1. The van der Waals surface area contributed by atoms with Crippen LogP contribution in [0.15, 0.2) is 12.3 Å². The van der Waals surface area contributed by atoms with Gasteiger partial charge in [-0.2, -0.15) is 5.10 Å². The molecule has 0 aliphatic carbocycles. The van der Waals surface area contributed by atoms with E-state index in [9.17, 15) is 4.79 Å². The predicted octanol–water partition coefficient (Wildman–Crippen LogP) is 1.11. The van der Waals surface area contributed by atoms with Crippen LogP contribution in [0.1, 0.15) is 24.3 Å². The van der Waals surface area contributed by atoms with E-state index >= 15 is 0 Å². The maximum Gasteiger partial charge on any atom is 0.188 e. The largest absolute Gasteiger partial charge is 0.292 e. The van der Waals surface area contributed by atoms with Crippen LogP contribution in [0.5, 0.6) is 0 Å². The van der Waals surface area contributed by atoms with E-state index < -0.39 is 0 Å². The standard InChI is InChI=1S/C8H10N2O/c1-8(2)5-10-6(7(8)11)3-4-9-10/h3-4H,5H2,1-2H3. The molecule has 0 atom stereocenters. The summed E-state index contributed by atoms with van der Waals surface area (Å²) >= 11 is 0. The van der Waals surface area contributed by atoms with Crippen LogP contribution < -0.4 is 0 Å². The number of ketones is 1. The van der Waals surface area contributed by atoms with Crippen molar-refractivity contribution in [1.29, 1.82) is 0 Å².